The highest BCUT2D eigenvalue weighted by Crippen LogP contribution is 2.24. The Balaban J connectivity index is 1.56. The van der Waals surface area contributed by atoms with Crippen molar-refractivity contribution < 1.29 is 17.6 Å². The molecule has 0 aliphatic carbocycles. The van der Waals surface area contributed by atoms with Crippen LogP contribution in [0.5, 0.6) is 0 Å². The van der Waals surface area contributed by atoms with Gasteiger partial charge in [-0.3, -0.25) is 4.79 Å². The number of halogens is 1. The molecule has 0 fully saturated rings. The van der Waals surface area contributed by atoms with E-state index in [0.29, 0.717) is 28.7 Å². The van der Waals surface area contributed by atoms with E-state index in [1.807, 2.05) is 24.3 Å². The maximum atomic E-state index is 12.1. The number of primary sulfonamides is 1. The van der Waals surface area contributed by atoms with Gasteiger partial charge in [-0.25, -0.2) is 13.6 Å². The molecule has 0 saturated carbocycles. The average Bonchev–Trinajstić information content (AvgIpc) is 3.09. The summed E-state index contributed by atoms with van der Waals surface area (Å²) in [4.78, 5) is 12.1. The van der Waals surface area contributed by atoms with Crippen LogP contribution >= 0.6 is 11.6 Å². The molecule has 0 unspecified atom stereocenters. The van der Waals surface area contributed by atoms with Crippen molar-refractivity contribution >= 4 is 33.2 Å². The normalized spacial score (nSPS) is 11.3. The molecule has 0 radical (unpaired) electrons. The molecule has 0 bridgehead atoms. The minimum Gasteiger partial charge on any atom is -0.461 e. The molecule has 6 nitrogen and oxygen atoms in total. The number of amides is 1. The number of carbonyl (C=O) groups is 1. The SMILES string of the molecule is NS(=O)(=O)c1ccc(NC(=O)CCc2ccc(-c3ccc(Cl)cc3)o2)cc1. The van der Waals surface area contributed by atoms with Crippen molar-refractivity contribution in [1.29, 1.82) is 0 Å². The highest BCUT2D eigenvalue weighted by molar-refractivity contribution is 7.89. The van der Waals surface area contributed by atoms with Crippen molar-refractivity contribution in [3.8, 4) is 11.3 Å². The minimum absolute atomic E-state index is 0.00851. The maximum absolute atomic E-state index is 12.1. The van der Waals surface area contributed by atoms with E-state index >= 15 is 0 Å². The molecular weight excluding hydrogens is 388 g/mol. The number of hydrogen-bond donors (Lipinski definition) is 2. The maximum Gasteiger partial charge on any atom is 0.238 e. The highest BCUT2D eigenvalue weighted by Gasteiger charge is 2.10. The Morgan fingerprint density at radius 2 is 1.67 bits per heavy atom. The van der Waals surface area contributed by atoms with Gasteiger partial charge in [-0.1, -0.05) is 11.6 Å². The monoisotopic (exact) mass is 404 g/mol. The molecule has 3 aromatic rings. The molecule has 140 valence electrons. The van der Waals surface area contributed by atoms with Gasteiger partial charge >= 0.3 is 0 Å². The van der Waals surface area contributed by atoms with E-state index in [0.717, 1.165) is 5.56 Å². The fraction of sp³-hybridized carbons (Fsp3) is 0.105. The van der Waals surface area contributed by atoms with Gasteiger partial charge in [-0.2, -0.15) is 0 Å². The van der Waals surface area contributed by atoms with E-state index in [-0.39, 0.29) is 17.2 Å². The molecule has 1 aromatic heterocycles. The number of nitrogens with one attached hydrogen (secondary N) is 1. The van der Waals surface area contributed by atoms with Gasteiger partial charge in [0.05, 0.1) is 4.90 Å². The van der Waals surface area contributed by atoms with Crippen molar-refractivity contribution in [2.75, 3.05) is 5.32 Å². The molecule has 0 aliphatic rings. The average molecular weight is 405 g/mol. The van der Waals surface area contributed by atoms with E-state index in [1.54, 1.807) is 12.1 Å². The largest absolute Gasteiger partial charge is 0.461 e. The molecule has 0 aliphatic heterocycles. The number of sulfonamides is 1. The summed E-state index contributed by atoms with van der Waals surface area (Å²) in [5, 5.41) is 8.40. The number of nitrogens with two attached hydrogens (primary N) is 1. The third-order valence-corrected chi connectivity index (χ3v) is 5.04. The number of hydrogen-bond acceptors (Lipinski definition) is 4. The lowest BCUT2D eigenvalue weighted by Crippen LogP contribution is -2.14. The minimum atomic E-state index is -3.75. The molecule has 27 heavy (non-hydrogen) atoms. The summed E-state index contributed by atoms with van der Waals surface area (Å²) in [7, 11) is -3.75. The molecule has 3 N–H and O–H groups in total. The van der Waals surface area contributed by atoms with Crippen LogP contribution in [0.3, 0.4) is 0 Å². The first-order chi connectivity index (χ1) is 12.8. The first-order valence-corrected chi connectivity index (χ1v) is 10.0. The van der Waals surface area contributed by atoms with Gasteiger partial charge in [0.15, 0.2) is 0 Å². The molecule has 2 aromatic carbocycles. The second-order valence-electron chi connectivity index (χ2n) is 5.89. The zero-order valence-electron chi connectivity index (χ0n) is 14.2. The van der Waals surface area contributed by atoms with Crippen molar-refractivity contribution in [3.63, 3.8) is 0 Å². The Morgan fingerprint density at radius 1 is 1.00 bits per heavy atom. The fourth-order valence-corrected chi connectivity index (χ4v) is 3.11. The van der Waals surface area contributed by atoms with E-state index in [9.17, 15) is 13.2 Å². The number of carbonyl (C=O) groups excluding carboxylic acids is 1. The van der Waals surface area contributed by atoms with Crippen LogP contribution in [0.4, 0.5) is 5.69 Å². The summed E-state index contributed by atoms with van der Waals surface area (Å²) < 4.78 is 28.2. The predicted molar refractivity (Wildman–Crippen MR) is 104 cm³/mol. The van der Waals surface area contributed by atoms with Crippen LogP contribution in [0, 0.1) is 0 Å². The summed E-state index contributed by atoms with van der Waals surface area (Å²) in [5.41, 5.74) is 1.40. The lowest BCUT2D eigenvalue weighted by atomic mass is 10.2. The molecule has 0 saturated heterocycles. The molecule has 8 heteroatoms. The summed E-state index contributed by atoms with van der Waals surface area (Å²) in [5.74, 6) is 1.20. The topological polar surface area (TPSA) is 102 Å². The molecular formula is C19H17ClN2O4S. The quantitative estimate of drug-likeness (QED) is 0.651. The third-order valence-electron chi connectivity index (χ3n) is 3.86. The molecule has 3 rings (SSSR count). The summed E-state index contributed by atoms with van der Waals surface area (Å²) in [6.07, 6.45) is 0.666. The molecule has 0 spiro atoms. The summed E-state index contributed by atoms with van der Waals surface area (Å²) >= 11 is 5.88. The number of anilines is 1. The van der Waals surface area contributed by atoms with Crippen molar-refractivity contribution in [2.45, 2.75) is 17.7 Å². The van der Waals surface area contributed by atoms with Crippen LogP contribution in [-0.2, 0) is 21.2 Å². The Morgan fingerprint density at radius 3 is 2.30 bits per heavy atom. The van der Waals surface area contributed by atoms with E-state index < -0.39 is 10.0 Å². The van der Waals surface area contributed by atoms with Gasteiger partial charge in [0, 0.05) is 29.1 Å². The number of rotatable bonds is 6. The number of furan rings is 1. The summed E-state index contributed by atoms with van der Waals surface area (Å²) in [6, 6.07) is 16.6. The molecule has 1 amide bonds. The molecule has 0 atom stereocenters. The third kappa shape index (κ3) is 5.19. The Kier molecular flexibility index (Phi) is 5.65. The second kappa shape index (κ2) is 7.96. The zero-order chi connectivity index (χ0) is 19.4. The van der Waals surface area contributed by atoms with Gasteiger partial charge in [0.2, 0.25) is 15.9 Å². The summed E-state index contributed by atoms with van der Waals surface area (Å²) in [6.45, 7) is 0. The van der Waals surface area contributed by atoms with Gasteiger partial charge in [0.25, 0.3) is 0 Å². The van der Waals surface area contributed by atoms with Crippen molar-refractivity contribution in [3.05, 3.63) is 71.4 Å². The Labute approximate surface area is 162 Å². The first kappa shape index (κ1) is 19.2. The van der Waals surface area contributed by atoms with E-state index in [4.69, 9.17) is 21.2 Å². The van der Waals surface area contributed by atoms with Gasteiger partial charge in [-0.15, -0.1) is 0 Å². The molecule has 1 heterocycles. The smallest absolute Gasteiger partial charge is 0.238 e. The second-order valence-corrected chi connectivity index (χ2v) is 7.89. The van der Waals surface area contributed by atoms with Gasteiger partial charge < -0.3 is 9.73 Å². The van der Waals surface area contributed by atoms with Crippen molar-refractivity contribution in [1.82, 2.24) is 0 Å². The van der Waals surface area contributed by atoms with E-state index in [1.165, 1.54) is 24.3 Å². The van der Waals surface area contributed by atoms with E-state index in [2.05, 4.69) is 5.32 Å². The lowest BCUT2D eigenvalue weighted by molar-refractivity contribution is -0.116. The van der Waals surface area contributed by atoms with Crippen LogP contribution in [-0.4, -0.2) is 14.3 Å². The van der Waals surface area contributed by atoms with Crippen LogP contribution in [0.2, 0.25) is 5.02 Å². The Hall–Kier alpha value is -2.61. The fourth-order valence-electron chi connectivity index (χ4n) is 2.47. The van der Waals surface area contributed by atoms with Gasteiger partial charge in [-0.05, 0) is 60.7 Å². The van der Waals surface area contributed by atoms with Crippen LogP contribution in [0.15, 0.2) is 70.0 Å². The first-order valence-electron chi connectivity index (χ1n) is 8.09. The lowest BCUT2D eigenvalue weighted by Gasteiger charge is -2.05. The highest BCUT2D eigenvalue weighted by atomic mass is 35.5. The number of benzene rings is 2. The van der Waals surface area contributed by atoms with Crippen molar-refractivity contribution in [2.24, 2.45) is 5.14 Å². The van der Waals surface area contributed by atoms with Crippen LogP contribution < -0.4 is 10.5 Å². The van der Waals surface area contributed by atoms with Crippen LogP contribution in [0.1, 0.15) is 12.2 Å². The zero-order valence-corrected chi connectivity index (χ0v) is 15.8. The Bertz CT molecular complexity index is 1040. The van der Waals surface area contributed by atoms with Crippen LogP contribution in [0.25, 0.3) is 11.3 Å². The van der Waals surface area contributed by atoms with Gasteiger partial charge in [0.1, 0.15) is 11.5 Å². The predicted octanol–water partition coefficient (Wildman–Crippen LogP) is 3.82. The standard InChI is InChI=1S/C19H17ClN2O4S/c20-14-3-1-13(2-4-14)18-11-7-16(26-18)8-12-19(23)22-15-5-9-17(10-6-15)27(21,24)25/h1-7,9-11H,8,12H2,(H,22,23)(H2,21,24,25). The number of aryl methyl sites for hydroxylation is 1.